The summed E-state index contributed by atoms with van der Waals surface area (Å²) in [6, 6.07) is 4.43. The molecule has 0 bridgehead atoms. The minimum absolute atomic E-state index is 0.0247. The van der Waals surface area contributed by atoms with Crippen LogP contribution in [0.2, 0.25) is 0 Å². The van der Waals surface area contributed by atoms with E-state index in [0.717, 1.165) is 18.6 Å². The molecule has 1 aromatic rings. The van der Waals surface area contributed by atoms with Crippen LogP contribution in [0.15, 0.2) is 24.3 Å². The van der Waals surface area contributed by atoms with E-state index < -0.39 is 11.7 Å². The molecule has 0 aliphatic carbocycles. The third kappa shape index (κ3) is 3.63. The minimum Gasteiger partial charge on any atom is -0.484 e. The summed E-state index contributed by atoms with van der Waals surface area (Å²) in [5, 5.41) is 0. The van der Waals surface area contributed by atoms with Crippen molar-refractivity contribution in [1.82, 2.24) is 4.90 Å². The Bertz CT molecular complexity index is 491. The summed E-state index contributed by atoms with van der Waals surface area (Å²) in [4.78, 5) is 13.3. The van der Waals surface area contributed by atoms with Crippen molar-refractivity contribution >= 4 is 5.91 Å². The highest BCUT2D eigenvalue weighted by Crippen LogP contribution is 2.31. The molecule has 1 fully saturated rings. The Labute approximate surface area is 114 Å². The molecule has 2 rings (SSSR count). The standard InChI is InChI=1S/C13H15F3N2O2/c14-13(15,16)9-2-1-3-11(6-9)20-8-12(19)18-5-4-10(17)7-18/h1-3,6,10H,4-5,7-8,17H2/t10-/m0/s1. The normalized spacial score (nSPS) is 19.2. The van der Waals surface area contributed by atoms with Crippen LogP contribution in [-0.2, 0) is 11.0 Å². The van der Waals surface area contributed by atoms with Crippen molar-refractivity contribution in [2.45, 2.75) is 18.6 Å². The van der Waals surface area contributed by atoms with Crippen LogP contribution >= 0.6 is 0 Å². The minimum atomic E-state index is -4.43. The lowest BCUT2D eigenvalue weighted by molar-refractivity contribution is -0.137. The SMILES string of the molecule is N[C@H]1CCN(C(=O)COc2cccc(C(F)(F)F)c2)C1. The molecule has 0 aromatic heterocycles. The van der Waals surface area contributed by atoms with Gasteiger partial charge in [0.05, 0.1) is 5.56 Å². The van der Waals surface area contributed by atoms with Gasteiger partial charge < -0.3 is 15.4 Å². The molecule has 0 radical (unpaired) electrons. The van der Waals surface area contributed by atoms with Gasteiger partial charge in [0.1, 0.15) is 5.75 Å². The van der Waals surface area contributed by atoms with Gasteiger partial charge in [0.25, 0.3) is 5.91 Å². The number of rotatable bonds is 3. The van der Waals surface area contributed by atoms with Gasteiger partial charge in [-0.2, -0.15) is 13.2 Å². The second-order valence-corrected chi connectivity index (χ2v) is 4.70. The Morgan fingerprint density at radius 3 is 2.80 bits per heavy atom. The van der Waals surface area contributed by atoms with Crippen molar-refractivity contribution in [1.29, 1.82) is 0 Å². The molecule has 110 valence electrons. The van der Waals surface area contributed by atoms with E-state index in [1.165, 1.54) is 12.1 Å². The van der Waals surface area contributed by atoms with Crippen LogP contribution in [0.25, 0.3) is 0 Å². The van der Waals surface area contributed by atoms with Crippen molar-refractivity contribution in [2.24, 2.45) is 5.73 Å². The number of amides is 1. The number of benzene rings is 1. The Balaban J connectivity index is 1.92. The van der Waals surface area contributed by atoms with Crippen LogP contribution < -0.4 is 10.5 Å². The Hall–Kier alpha value is -1.76. The smallest absolute Gasteiger partial charge is 0.416 e. The van der Waals surface area contributed by atoms with E-state index >= 15 is 0 Å². The van der Waals surface area contributed by atoms with Gasteiger partial charge in [0.15, 0.2) is 6.61 Å². The average Bonchev–Trinajstić information content (AvgIpc) is 2.82. The summed E-state index contributed by atoms with van der Waals surface area (Å²) in [6.45, 7) is 0.741. The van der Waals surface area contributed by atoms with Crippen LogP contribution in [0.5, 0.6) is 5.75 Å². The highest BCUT2D eigenvalue weighted by Gasteiger charge is 2.30. The Morgan fingerprint density at radius 2 is 2.20 bits per heavy atom. The zero-order chi connectivity index (χ0) is 14.8. The lowest BCUT2D eigenvalue weighted by Gasteiger charge is -2.16. The highest BCUT2D eigenvalue weighted by molar-refractivity contribution is 5.78. The molecule has 20 heavy (non-hydrogen) atoms. The number of halogens is 3. The number of hydrogen-bond acceptors (Lipinski definition) is 3. The van der Waals surface area contributed by atoms with Crippen LogP contribution in [0, 0.1) is 0 Å². The monoisotopic (exact) mass is 288 g/mol. The van der Waals surface area contributed by atoms with Gasteiger partial charge in [-0.1, -0.05) is 6.07 Å². The molecule has 1 aliphatic rings. The number of hydrogen-bond donors (Lipinski definition) is 1. The maximum atomic E-state index is 12.5. The number of carbonyl (C=O) groups is 1. The quantitative estimate of drug-likeness (QED) is 0.920. The third-order valence-corrected chi connectivity index (χ3v) is 3.10. The summed E-state index contributed by atoms with van der Waals surface area (Å²) in [7, 11) is 0. The van der Waals surface area contributed by atoms with Gasteiger partial charge in [0.2, 0.25) is 0 Å². The van der Waals surface area contributed by atoms with Crippen LogP contribution in [0.4, 0.5) is 13.2 Å². The summed E-state index contributed by atoms with van der Waals surface area (Å²) in [5.74, 6) is -0.243. The fourth-order valence-electron chi connectivity index (χ4n) is 2.01. The average molecular weight is 288 g/mol. The number of carbonyl (C=O) groups excluding carboxylic acids is 1. The number of nitrogens with two attached hydrogens (primary N) is 1. The van der Waals surface area contributed by atoms with Gasteiger partial charge in [-0.05, 0) is 24.6 Å². The van der Waals surface area contributed by atoms with Crippen molar-refractivity contribution in [3.8, 4) is 5.75 Å². The van der Waals surface area contributed by atoms with E-state index in [-0.39, 0.29) is 24.3 Å². The Kier molecular flexibility index (Phi) is 4.17. The lowest BCUT2D eigenvalue weighted by Crippen LogP contribution is -2.35. The van der Waals surface area contributed by atoms with E-state index in [4.69, 9.17) is 10.5 Å². The molecule has 7 heteroatoms. The van der Waals surface area contributed by atoms with E-state index in [1.54, 1.807) is 4.90 Å². The first-order valence-corrected chi connectivity index (χ1v) is 6.19. The predicted octanol–water partition coefficient (Wildman–Crippen LogP) is 1.64. The van der Waals surface area contributed by atoms with Crippen molar-refractivity contribution in [3.05, 3.63) is 29.8 Å². The summed E-state index contributed by atoms with van der Waals surface area (Å²) >= 11 is 0. The van der Waals surface area contributed by atoms with Crippen LogP contribution in [0.1, 0.15) is 12.0 Å². The van der Waals surface area contributed by atoms with Gasteiger partial charge in [-0.3, -0.25) is 4.79 Å². The van der Waals surface area contributed by atoms with Gasteiger partial charge in [-0.15, -0.1) is 0 Å². The maximum Gasteiger partial charge on any atom is 0.416 e. The molecule has 1 heterocycles. The molecule has 1 aliphatic heterocycles. The lowest BCUT2D eigenvalue weighted by atomic mass is 10.2. The number of ether oxygens (including phenoxy) is 1. The fourth-order valence-corrected chi connectivity index (χ4v) is 2.01. The second-order valence-electron chi connectivity index (χ2n) is 4.70. The number of alkyl halides is 3. The van der Waals surface area contributed by atoms with E-state index in [0.29, 0.717) is 13.1 Å². The molecule has 1 amide bonds. The molecular weight excluding hydrogens is 273 g/mol. The molecule has 0 spiro atoms. The molecule has 0 unspecified atom stereocenters. The molecule has 1 aromatic carbocycles. The molecule has 1 atom stereocenters. The summed E-state index contributed by atoms with van der Waals surface area (Å²) in [6.07, 6.45) is -3.69. The largest absolute Gasteiger partial charge is 0.484 e. The van der Waals surface area contributed by atoms with Crippen molar-refractivity contribution in [3.63, 3.8) is 0 Å². The molecule has 2 N–H and O–H groups in total. The zero-order valence-electron chi connectivity index (χ0n) is 10.7. The van der Waals surface area contributed by atoms with Gasteiger partial charge in [0, 0.05) is 19.1 Å². The zero-order valence-corrected chi connectivity index (χ0v) is 10.7. The fraction of sp³-hybridized carbons (Fsp3) is 0.462. The topological polar surface area (TPSA) is 55.6 Å². The van der Waals surface area contributed by atoms with Crippen molar-refractivity contribution < 1.29 is 22.7 Å². The number of likely N-dealkylation sites (tertiary alicyclic amines) is 1. The van der Waals surface area contributed by atoms with E-state index in [9.17, 15) is 18.0 Å². The maximum absolute atomic E-state index is 12.5. The van der Waals surface area contributed by atoms with Crippen LogP contribution in [-0.4, -0.2) is 36.5 Å². The van der Waals surface area contributed by atoms with E-state index in [1.807, 2.05) is 0 Å². The first-order valence-electron chi connectivity index (χ1n) is 6.19. The van der Waals surface area contributed by atoms with Gasteiger partial charge in [-0.25, -0.2) is 0 Å². The first kappa shape index (κ1) is 14.6. The summed E-state index contributed by atoms with van der Waals surface area (Å²) in [5.41, 5.74) is 4.88. The molecule has 1 saturated heterocycles. The highest BCUT2D eigenvalue weighted by atomic mass is 19.4. The molecular formula is C13H15F3N2O2. The van der Waals surface area contributed by atoms with Crippen molar-refractivity contribution in [2.75, 3.05) is 19.7 Å². The van der Waals surface area contributed by atoms with Gasteiger partial charge >= 0.3 is 6.18 Å². The molecule has 0 saturated carbocycles. The Morgan fingerprint density at radius 1 is 1.45 bits per heavy atom. The molecule has 4 nitrogen and oxygen atoms in total. The summed E-state index contributed by atoms with van der Waals surface area (Å²) < 4.78 is 42.7. The second kappa shape index (κ2) is 5.70. The van der Waals surface area contributed by atoms with E-state index in [2.05, 4.69) is 0 Å². The third-order valence-electron chi connectivity index (χ3n) is 3.10. The first-order chi connectivity index (χ1) is 9.36. The number of nitrogens with zero attached hydrogens (tertiary/aromatic N) is 1. The van der Waals surface area contributed by atoms with Crippen LogP contribution in [0.3, 0.4) is 0 Å². The predicted molar refractivity (Wildman–Crippen MR) is 66.1 cm³/mol.